The van der Waals surface area contributed by atoms with E-state index in [9.17, 15) is 0 Å². The fourth-order valence-corrected chi connectivity index (χ4v) is 3.24. The van der Waals surface area contributed by atoms with Crippen molar-refractivity contribution < 1.29 is 0 Å². The Kier molecular flexibility index (Phi) is 3.91. The van der Waals surface area contributed by atoms with Crippen LogP contribution in [0, 0.1) is 17.8 Å². The van der Waals surface area contributed by atoms with Gasteiger partial charge in [-0.1, -0.05) is 26.7 Å². The monoisotopic (exact) mass is 224 g/mol. The molecule has 0 radical (unpaired) electrons. The van der Waals surface area contributed by atoms with Crippen LogP contribution in [0.1, 0.15) is 52.4 Å². The van der Waals surface area contributed by atoms with E-state index >= 15 is 0 Å². The van der Waals surface area contributed by atoms with Gasteiger partial charge in [-0.3, -0.25) is 0 Å². The van der Waals surface area contributed by atoms with E-state index < -0.39 is 0 Å². The summed E-state index contributed by atoms with van der Waals surface area (Å²) in [5.41, 5.74) is 6.55. The number of nitrogens with one attached hydrogen (secondary N) is 1. The molecular weight excluding hydrogens is 196 g/mol. The third kappa shape index (κ3) is 3.46. The molecule has 0 bridgehead atoms. The molecule has 0 aromatic rings. The molecule has 3 atom stereocenters. The number of nitrogens with two attached hydrogens (primary N) is 1. The predicted octanol–water partition coefficient (Wildman–Crippen LogP) is 2.53. The first-order valence-corrected chi connectivity index (χ1v) is 7.09. The van der Waals surface area contributed by atoms with Crippen molar-refractivity contribution in [2.45, 2.75) is 57.9 Å². The first-order valence-electron chi connectivity index (χ1n) is 7.09. The minimum absolute atomic E-state index is 0.0843. The highest BCUT2D eigenvalue weighted by Gasteiger charge is 2.31. The van der Waals surface area contributed by atoms with Gasteiger partial charge >= 0.3 is 0 Å². The maximum Gasteiger partial charge on any atom is 0.0283 e. The minimum Gasteiger partial charge on any atom is -0.324 e. The van der Waals surface area contributed by atoms with Crippen LogP contribution >= 0.6 is 0 Å². The Bertz CT molecular complexity index is 225. The van der Waals surface area contributed by atoms with Crippen molar-refractivity contribution in [1.29, 1.82) is 0 Å². The van der Waals surface area contributed by atoms with Gasteiger partial charge in [0, 0.05) is 12.1 Å². The fourth-order valence-electron chi connectivity index (χ4n) is 3.24. The summed E-state index contributed by atoms with van der Waals surface area (Å²) in [5, 5.41) is 3.61. The number of hydrogen-bond acceptors (Lipinski definition) is 2. The molecule has 2 rings (SSSR count). The maximum absolute atomic E-state index is 6.46. The van der Waals surface area contributed by atoms with Gasteiger partial charge in [0.2, 0.25) is 0 Å². The van der Waals surface area contributed by atoms with Crippen LogP contribution in [0.15, 0.2) is 0 Å². The molecule has 2 saturated carbocycles. The van der Waals surface area contributed by atoms with Gasteiger partial charge in [0.05, 0.1) is 0 Å². The molecule has 0 amide bonds. The van der Waals surface area contributed by atoms with Crippen LogP contribution in [0.3, 0.4) is 0 Å². The van der Waals surface area contributed by atoms with Crippen LogP contribution in [0.5, 0.6) is 0 Å². The van der Waals surface area contributed by atoms with Gasteiger partial charge in [0.15, 0.2) is 0 Å². The Morgan fingerprint density at radius 1 is 1.38 bits per heavy atom. The lowest BCUT2D eigenvalue weighted by Crippen LogP contribution is -2.52. The van der Waals surface area contributed by atoms with E-state index in [2.05, 4.69) is 19.2 Å². The molecule has 0 aliphatic heterocycles. The quantitative estimate of drug-likeness (QED) is 0.753. The van der Waals surface area contributed by atoms with Gasteiger partial charge < -0.3 is 11.1 Å². The van der Waals surface area contributed by atoms with Crippen LogP contribution in [0.25, 0.3) is 0 Å². The van der Waals surface area contributed by atoms with E-state index in [4.69, 9.17) is 5.73 Å². The summed E-state index contributed by atoms with van der Waals surface area (Å²) in [6.07, 6.45) is 8.01. The second-order valence-corrected chi connectivity index (χ2v) is 6.51. The molecule has 2 aliphatic rings. The molecule has 94 valence electrons. The number of hydrogen-bond donors (Lipinski definition) is 2. The van der Waals surface area contributed by atoms with Crippen LogP contribution in [0.4, 0.5) is 0 Å². The third-order valence-electron chi connectivity index (χ3n) is 4.50. The first-order chi connectivity index (χ1) is 7.59. The zero-order valence-corrected chi connectivity index (χ0v) is 11.0. The van der Waals surface area contributed by atoms with Crippen LogP contribution in [-0.2, 0) is 0 Å². The lowest BCUT2D eigenvalue weighted by Gasteiger charge is -2.37. The van der Waals surface area contributed by atoms with Crippen LogP contribution < -0.4 is 11.1 Å². The summed E-state index contributed by atoms with van der Waals surface area (Å²) in [6, 6.07) is 0. The molecule has 0 aromatic carbocycles. The topological polar surface area (TPSA) is 38.0 Å². The summed E-state index contributed by atoms with van der Waals surface area (Å²) in [4.78, 5) is 0. The normalized spacial score (nSPS) is 37.3. The van der Waals surface area contributed by atoms with E-state index in [-0.39, 0.29) is 5.54 Å². The average Bonchev–Trinajstić information content (AvgIpc) is 2.99. The lowest BCUT2D eigenvalue weighted by molar-refractivity contribution is 0.226. The van der Waals surface area contributed by atoms with Crippen molar-refractivity contribution in [3.8, 4) is 0 Å². The van der Waals surface area contributed by atoms with Crippen LogP contribution in [-0.4, -0.2) is 18.6 Å². The molecule has 2 aliphatic carbocycles. The van der Waals surface area contributed by atoms with E-state index in [1.165, 1.54) is 38.5 Å². The highest BCUT2D eigenvalue weighted by molar-refractivity contribution is 4.92. The zero-order valence-electron chi connectivity index (χ0n) is 11.0. The summed E-state index contributed by atoms with van der Waals surface area (Å²) < 4.78 is 0. The molecule has 0 heterocycles. The minimum atomic E-state index is 0.0843. The molecule has 16 heavy (non-hydrogen) atoms. The summed E-state index contributed by atoms with van der Waals surface area (Å²) in [7, 11) is 0. The van der Waals surface area contributed by atoms with Crippen molar-refractivity contribution in [1.82, 2.24) is 5.32 Å². The van der Waals surface area contributed by atoms with E-state index in [0.29, 0.717) is 0 Å². The molecule has 0 saturated heterocycles. The molecular formula is C14H28N2. The Hall–Kier alpha value is -0.0800. The third-order valence-corrected chi connectivity index (χ3v) is 4.50. The lowest BCUT2D eigenvalue weighted by atomic mass is 9.77. The smallest absolute Gasteiger partial charge is 0.0283 e. The molecule has 0 aromatic heterocycles. The van der Waals surface area contributed by atoms with Crippen molar-refractivity contribution in [3.05, 3.63) is 0 Å². The largest absolute Gasteiger partial charge is 0.324 e. The first kappa shape index (κ1) is 12.4. The van der Waals surface area contributed by atoms with Gasteiger partial charge in [-0.15, -0.1) is 0 Å². The molecule has 0 spiro atoms. The van der Waals surface area contributed by atoms with E-state index in [1.54, 1.807) is 0 Å². The molecule has 3 N–H and O–H groups in total. The van der Waals surface area contributed by atoms with Gasteiger partial charge in [0.1, 0.15) is 0 Å². The van der Waals surface area contributed by atoms with Crippen molar-refractivity contribution in [3.63, 3.8) is 0 Å². The fraction of sp³-hybridized carbons (Fsp3) is 1.00. The zero-order chi connectivity index (χ0) is 11.6. The van der Waals surface area contributed by atoms with Crippen molar-refractivity contribution >= 4 is 0 Å². The van der Waals surface area contributed by atoms with Gasteiger partial charge in [0.25, 0.3) is 0 Å². The molecule has 3 unspecified atom stereocenters. The highest BCUT2D eigenvalue weighted by atomic mass is 14.9. The second-order valence-electron chi connectivity index (χ2n) is 6.51. The Morgan fingerprint density at radius 2 is 2.12 bits per heavy atom. The van der Waals surface area contributed by atoms with Crippen molar-refractivity contribution in [2.24, 2.45) is 23.5 Å². The molecule has 2 heteroatoms. The summed E-state index contributed by atoms with van der Waals surface area (Å²) in [5.74, 6) is 2.68. The Morgan fingerprint density at radius 3 is 2.75 bits per heavy atom. The number of rotatable bonds is 5. The second kappa shape index (κ2) is 5.05. The van der Waals surface area contributed by atoms with Gasteiger partial charge in [-0.05, 0) is 50.0 Å². The highest BCUT2D eigenvalue weighted by Crippen LogP contribution is 2.36. The standard InChI is InChI=1S/C14H28N2/c1-11-4-3-7-14(15,8-11)10-16-9-12(2)13-5-6-13/h11-13,16H,3-10,15H2,1-2H3. The van der Waals surface area contributed by atoms with Gasteiger partial charge in [-0.25, -0.2) is 0 Å². The summed E-state index contributed by atoms with van der Waals surface area (Å²) in [6.45, 7) is 6.90. The Balaban J connectivity index is 1.67. The SMILES string of the molecule is CC1CCCC(N)(CNCC(C)C2CC2)C1. The maximum atomic E-state index is 6.46. The van der Waals surface area contributed by atoms with Gasteiger partial charge in [-0.2, -0.15) is 0 Å². The van der Waals surface area contributed by atoms with E-state index in [0.717, 1.165) is 30.8 Å². The predicted molar refractivity (Wildman–Crippen MR) is 69.3 cm³/mol. The molecule has 2 fully saturated rings. The summed E-state index contributed by atoms with van der Waals surface area (Å²) >= 11 is 0. The van der Waals surface area contributed by atoms with E-state index in [1.807, 2.05) is 0 Å². The average molecular weight is 224 g/mol. The van der Waals surface area contributed by atoms with Crippen LogP contribution in [0.2, 0.25) is 0 Å². The molecule has 2 nitrogen and oxygen atoms in total. The Labute approximate surface area is 100 Å². The van der Waals surface area contributed by atoms with Crippen molar-refractivity contribution in [2.75, 3.05) is 13.1 Å².